The highest BCUT2D eigenvalue weighted by molar-refractivity contribution is 7.15. The van der Waals surface area contributed by atoms with Crippen LogP contribution in [0.4, 0.5) is 10.9 Å². The number of likely N-dealkylation sites (N-methyl/N-ethyl adjacent to an activating group) is 1. The summed E-state index contributed by atoms with van der Waals surface area (Å²) in [5.41, 5.74) is 0.798. The predicted octanol–water partition coefficient (Wildman–Crippen LogP) is 2.77. The van der Waals surface area contributed by atoms with Crippen molar-refractivity contribution in [2.75, 3.05) is 32.5 Å². The molecule has 1 aliphatic heterocycles. The third-order valence-electron chi connectivity index (χ3n) is 4.16. The van der Waals surface area contributed by atoms with Gasteiger partial charge in [0.15, 0.2) is 10.9 Å². The Kier molecular flexibility index (Phi) is 5.95. The molecule has 2 aromatic rings. The average Bonchev–Trinajstić information content (AvgIpc) is 3.24. The Hall–Kier alpha value is -2.32. The zero-order chi connectivity index (χ0) is 18.5. The number of amides is 1. The topological polar surface area (TPSA) is 74.2 Å². The van der Waals surface area contributed by atoms with Crippen molar-refractivity contribution in [3.8, 4) is 0 Å². The van der Waals surface area contributed by atoms with E-state index < -0.39 is 0 Å². The van der Waals surface area contributed by atoms with Crippen LogP contribution < -0.4 is 5.32 Å². The minimum Gasteiger partial charge on any atom is -0.330 e. The second-order valence-corrected chi connectivity index (χ2v) is 7.78. The number of likely N-dealkylation sites (tertiary alicyclic amines) is 1. The molecule has 138 valence electrons. The number of nitrogens with one attached hydrogen (secondary N) is 1. The summed E-state index contributed by atoms with van der Waals surface area (Å²) in [6.07, 6.45) is 10.6. The fourth-order valence-corrected chi connectivity index (χ4v) is 3.64. The fraction of sp³-hybridized carbons (Fsp3) is 0.444. The van der Waals surface area contributed by atoms with Gasteiger partial charge in [0.1, 0.15) is 5.69 Å². The number of hydrogen-bond donors (Lipinski definition) is 1. The van der Waals surface area contributed by atoms with Crippen LogP contribution in [0.25, 0.3) is 0 Å². The second-order valence-electron chi connectivity index (χ2n) is 6.55. The average molecular weight is 372 g/mol. The van der Waals surface area contributed by atoms with Crippen molar-refractivity contribution in [2.45, 2.75) is 25.8 Å². The predicted molar refractivity (Wildman–Crippen MR) is 104 cm³/mol. The molecule has 0 saturated carbocycles. The van der Waals surface area contributed by atoms with E-state index in [1.807, 2.05) is 43.1 Å². The quantitative estimate of drug-likeness (QED) is 0.786. The molecule has 8 heteroatoms. The Morgan fingerprint density at radius 2 is 2.19 bits per heavy atom. The van der Waals surface area contributed by atoms with Gasteiger partial charge in [-0.2, -0.15) is 0 Å². The Morgan fingerprint density at radius 3 is 2.92 bits per heavy atom. The van der Waals surface area contributed by atoms with Crippen LogP contribution in [0.3, 0.4) is 0 Å². The Bertz CT molecular complexity index is 787. The third kappa shape index (κ3) is 4.44. The van der Waals surface area contributed by atoms with Gasteiger partial charge in [0.2, 0.25) is 5.91 Å². The standard InChI is InChI=1S/C18H24N6OS/c1-13-12-21-18(26-13)22-17-16(19-8-9-20-17)14-6-4-11-24(14)15(25)7-5-10-23(2)3/h5,7-9,12,14H,4,6,10-11H2,1-3H3,(H,20,21,22)/b7-5+/t14-/m0/s1. The fourth-order valence-electron chi connectivity index (χ4n) is 2.98. The number of rotatable bonds is 6. The van der Waals surface area contributed by atoms with E-state index in [0.29, 0.717) is 5.82 Å². The van der Waals surface area contributed by atoms with Crippen LogP contribution in [0.5, 0.6) is 0 Å². The van der Waals surface area contributed by atoms with Gasteiger partial charge in [-0.25, -0.2) is 9.97 Å². The van der Waals surface area contributed by atoms with Gasteiger partial charge in [-0.1, -0.05) is 6.08 Å². The largest absolute Gasteiger partial charge is 0.330 e. The Labute approximate surface area is 157 Å². The molecule has 1 aliphatic rings. The highest BCUT2D eigenvalue weighted by Crippen LogP contribution is 2.35. The smallest absolute Gasteiger partial charge is 0.246 e. The molecule has 7 nitrogen and oxygen atoms in total. The van der Waals surface area contributed by atoms with Gasteiger partial charge in [-0.3, -0.25) is 9.78 Å². The first-order chi connectivity index (χ1) is 12.5. The van der Waals surface area contributed by atoms with E-state index in [4.69, 9.17) is 0 Å². The number of thiazole rings is 1. The molecule has 1 amide bonds. The molecule has 0 aromatic carbocycles. The maximum Gasteiger partial charge on any atom is 0.246 e. The summed E-state index contributed by atoms with van der Waals surface area (Å²) in [6, 6.07) is -0.0660. The third-order valence-corrected chi connectivity index (χ3v) is 4.98. The molecule has 3 heterocycles. The van der Waals surface area contributed by atoms with Crippen LogP contribution in [0, 0.1) is 6.92 Å². The van der Waals surface area contributed by atoms with Crippen molar-refractivity contribution in [1.29, 1.82) is 0 Å². The molecule has 26 heavy (non-hydrogen) atoms. The molecule has 2 aromatic heterocycles. The van der Waals surface area contributed by atoms with Crippen molar-refractivity contribution in [1.82, 2.24) is 24.8 Å². The van der Waals surface area contributed by atoms with Crippen LogP contribution in [0.2, 0.25) is 0 Å². The summed E-state index contributed by atoms with van der Waals surface area (Å²) in [6.45, 7) is 3.49. The molecule has 0 radical (unpaired) electrons. The minimum absolute atomic E-state index is 0.0241. The summed E-state index contributed by atoms with van der Waals surface area (Å²) in [5, 5.41) is 4.04. The van der Waals surface area contributed by atoms with Crippen molar-refractivity contribution in [3.05, 3.63) is 41.3 Å². The highest BCUT2D eigenvalue weighted by Gasteiger charge is 2.32. The molecule has 1 atom stereocenters. The SMILES string of the molecule is Cc1cnc(Nc2nccnc2[C@@H]2CCCN2C(=O)/C=C/CN(C)C)s1. The lowest BCUT2D eigenvalue weighted by atomic mass is 10.1. The molecule has 0 spiro atoms. The first kappa shape index (κ1) is 18.5. The van der Waals surface area contributed by atoms with E-state index in [0.717, 1.165) is 41.6 Å². The summed E-state index contributed by atoms with van der Waals surface area (Å²) >= 11 is 1.57. The van der Waals surface area contributed by atoms with Crippen LogP contribution in [-0.2, 0) is 4.79 Å². The normalized spacial score (nSPS) is 17.4. The van der Waals surface area contributed by atoms with E-state index in [2.05, 4.69) is 20.3 Å². The van der Waals surface area contributed by atoms with Gasteiger partial charge < -0.3 is 15.1 Å². The highest BCUT2D eigenvalue weighted by atomic mass is 32.1. The molecule has 1 N–H and O–H groups in total. The van der Waals surface area contributed by atoms with E-state index in [1.54, 1.807) is 29.8 Å². The first-order valence-corrected chi connectivity index (χ1v) is 9.48. The Balaban J connectivity index is 1.79. The molecular formula is C18H24N6OS. The molecule has 1 fully saturated rings. The minimum atomic E-state index is -0.0660. The lowest BCUT2D eigenvalue weighted by Gasteiger charge is -2.24. The van der Waals surface area contributed by atoms with Crippen molar-refractivity contribution in [3.63, 3.8) is 0 Å². The van der Waals surface area contributed by atoms with E-state index in [1.165, 1.54) is 0 Å². The number of nitrogens with zero attached hydrogens (tertiary/aromatic N) is 5. The summed E-state index contributed by atoms with van der Waals surface area (Å²) < 4.78 is 0. The first-order valence-electron chi connectivity index (χ1n) is 8.67. The lowest BCUT2D eigenvalue weighted by molar-refractivity contribution is -0.127. The van der Waals surface area contributed by atoms with E-state index >= 15 is 0 Å². The monoisotopic (exact) mass is 372 g/mol. The summed E-state index contributed by atoms with van der Waals surface area (Å²) in [4.78, 5) is 31.0. The van der Waals surface area contributed by atoms with Gasteiger partial charge in [-0.15, -0.1) is 11.3 Å². The number of carbonyl (C=O) groups is 1. The number of aryl methyl sites for hydroxylation is 1. The zero-order valence-corrected chi connectivity index (χ0v) is 16.2. The van der Waals surface area contributed by atoms with Crippen LogP contribution in [0.1, 0.15) is 29.5 Å². The molecule has 0 aliphatic carbocycles. The van der Waals surface area contributed by atoms with Gasteiger partial charge >= 0.3 is 0 Å². The van der Waals surface area contributed by atoms with Crippen molar-refractivity contribution in [2.24, 2.45) is 0 Å². The number of aromatic nitrogens is 3. The molecular weight excluding hydrogens is 348 g/mol. The van der Waals surface area contributed by atoms with Crippen molar-refractivity contribution >= 4 is 28.2 Å². The summed E-state index contributed by atoms with van der Waals surface area (Å²) in [5.74, 6) is 0.694. The van der Waals surface area contributed by atoms with Crippen LogP contribution in [0.15, 0.2) is 30.7 Å². The Morgan fingerprint density at radius 1 is 1.38 bits per heavy atom. The second kappa shape index (κ2) is 8.37. The van der Waals surface area contributed by atoms with E-state index in [9.17, 15) is 4.79 Å². The van der Waals surface area contributed by atoms with Gasteiger partial charge in [-0.05, 0) is 33.9 Å². The molecule has 1 saturated heterocycles. The molecule has 3 rings (SSSR count). The van der Waals surface area contributed by atoms with Gasteiger partial charge in [0.25, 0.3) is 0 Å². The maximum atomic E-state index is 12.6. The number of hydrogen-bond acceptors (Lipinski definition) is 7. The maximum absolute atomic E-state index is 12.6. The zero-order valence-electron chi connectivity index (χ0n) is 15.3. The van der Waals surface area contributed by atoms with Gasteiger partial charge in [0.05, 0.1) is 6.04 Å². The van der Waals surface area contributed by atoms with E-state index in [-0.39, 0.29) is 11.9 Å². The van der Waals surface area contributed by atoms with Gasteiger partial charge in [0, 0.05) is 42.6 Å². The van der Waals surface area contributed by atoms with Crippen LogP contribution in [-0.4, -0.2) is 57.8 Å². The summed E-state index contributed by atoms with van der Waals surface area (Å²) in [7, 11) is 3.95. The van der Waals surface area contributed by atoms with Crippen LogP contribution >= 0.6 is 11.3 Å². The molecule has 0 unspecified atom stereocenters. The molecule has 0 bridgehead atoms. The number of carbonyl (C=O) groups excluding carboxylic acids is 1. The lowest BCUT2D eigenvalue weighted by Crippen LogP contribution is -2.30. The number of anilines is 2. The van der Waals surface area contributed by atoms with Crippen molar-refractivity contribution < 1.29 is 4.79 Å².